The van der Waals surface area contributed by atoms with Crippen molar-refractivity contribution in [2.24, 2.45) is 0 Å². The first kappa shape index (κ1) is 20.3. The second kappa shape index (κ2) is 8.12. The minimum atomic E-state index is -0.293. The summed E-state index contributed by atoms with van der Waals surface area (Å²) in [6.07, 6.45) is 6.79. The van der Waals surface area contributed by atoms with Crippen LogP contribution in [0.3, 0.4) is 0 Å². The Labute approximate surface area is 186 Å². The van der Waals surface area contributed by atoms with E-state index in [2.05, 4.69) is 29.2 Å². The van der Waals surface area contributed by atoms with Crippen LogP contribution in [0.15, 0.2) is 66.0 Å². The molecule has 156 valence electrons. The molecule has 1 unspecified atom stereocenters. The Morgan fingerprint density at radius 1 is 1.07 bits per heavy atom. The van der Waals surface area contributed by atoms with Gasteiger partial charge in [0.25, 0.3) is 0 Å². The van der Waals surface area contributed by atoms with Gasteiger partial charge < -0.3 is 4.74 Å². The molecule has 0 saturated carbocycles. The zero-order valence-corrected chi connectivity index (χ0v) is 18.2. The maximum Gasteiger partial charge on any atom is 0.119 e. The van der Waals surface area contributed by atoms with Gasteiger partial charge in [0.05, 0.1) is 5.60 Å². The predicted molar refractivity (Wildman–Crippen MR) is 120 cm³/mol. The van der Waals surface area contributed by atoms with Crippen molar-refractivity contribution in [3.8, 4) is 0 Å². The first-order chi connectivity index (χ1) is 14.5. The number of allylic oxidation sites excluding steroid dienone is 3. The van der Waals surface area contributed by atoms with E-state index in [-0.39, 0.29) is 17.5 Å². The van der Waals surface area contributed by atoms with Gasteiger partial charge in [-0.2, -0.15) is 0 Å². The zero-order valence-electron chi connectivity index (χ0n) is 16.7. The Balaban J connectivity index is 1.37. The molecule has 1 fully saturated rings. The topological polar surface area (TPSA) is 12.5 Å². The summed E-state index contributed by atoms with van der Waals surface area (Å²) < 4.78 is 20.4. The van der Waals surface area contributed by atoms with Crippen molar-refractivity contribution in [1.29, 1.82) is 0 Å². The summed E-state index contributed by atoms with van der Waals surface area (Å²) in [7, 11) is 0. The summed E-state index contributed by atoms with van der Waals surface area (Å²) in [6, 6.07) is 14.1. The van der Waals surface area contributed by atoms with E-state index in [4.69, 9.17) is 27.9 Å². The molecule has 3 aliphatic rings. The molecule has 2 aromatic rings. The predicted octanol–water partition coefficient (Wildman–Crippen LogP) is 6.98. The van der Waals surface area contributed by atoms with Crippen LogP contribution >= 0.6 is 23.2 Å². The van der Waals surface area contributed by atoms with Crippen molar-refractivity contribution in [2.75, 3.05) is 19.6 Å². The molecule has 0 N–H and O–H groups in total. The highest BCUT2D eigenvalue weighted by molar-refractivity contribution is 6.34. The third-order valence-corrected chi connectivity index (χ3v) is 6.94. The lowest BCUT2D eigenvalue weighted by Gasteiger charge is -2.40. The molecule has 1 aliphatic carbocycles. The fourth-order valence-electron chi connectivity index (χ4n) is 5.06. The van der Waals surface area contributed by atoms with Gasteiger partial charge in [-0.1, -0.05) is 53.0 Å². The summed E-state index contributed by atoms with van der Waals surface area (Å²) in [5.41, 5.74) is 4.36. The lowest BCUT2D eigenvalue weighted by Crippen LogP contribution is -2.43. The Morgan fingerprint density at radius 3 is 2.53 bits per heavy atom. The van der Waals surface area contributed by atoms with Crippen LogP contribution in [0.4, 0.5) is 4.39 Å². The van der Waals surface area contributed by atoms with Crippen molar-refractivity contribution in [3.05, 3.63) is 92.8 Å². The highest BCUT2D eigenvalue weighted by Gasteiger charge is 2.47. The van der Waals surface area contributed by atoms with Crippen molar-refractivity contribution >= 4 is 23.2 Å². The highest BCUT2D eigenvalue weighted by atomic mass is 35.5. The molecule has 30 heavy (non-hydrogen) atoms. The maximum atomic E-state index is 13.6. The molecule has 0 amide bonds. The highest BCUT2D eigenvalue weighted by Crippen LogP contribution is 2.51. The number of likely N-dealkylation sites (tertiary alicyclic amines) is 1. The van der Waals surface area contributed by atoms with Gasteiger partial charge in [0.2, 0.25) is 0 Å². The lowest BCUT2D eigenvalue weighted by molar-refractivity contribution is -0.0959. The molecule has 5 heteroatoms. The second-order valence-electron chi connectivity index (χ2n) is 8.49. The number of benzene rings is 2. The van der Waals surface area contributed by atoms with Crippen LogP contribution in [0.2, 0.25) is 10.0 Å². The number of halogens is 3. The van der Waals surface area contributed by atoms with E-state index in [9.17, 15) is 4.39 Å². The van der Waals surface area contributed by atoms with Crippen LogP contribution in [0, 0.1) is 0 Å². The smallest absolute Gasteiger partial charge is 0.119 e. The number of ether oxygens (including phenoxy) is 1. The second-order valence-corrected chi connectivity index (χ2v) is 9.36. The SMILES string of the molecule is FC1=CCCC(CN2CCC3(CC2)OC(c2cc(Cl)cc(Cl)c2)c2ccccc23)=C1. The average Bonchev–Trinajstić information content (AvgIpc) is 3.04. The molecular weight excluding hydrogens is 420 g/mol. The molecule has 0 aromatic heterocycles. The molecule has 2 nitrogen and oxygen atoms in total. The Bertz CT molecular complexity index is 1000. The van der Waals surface area contributed by atoms with Crippen LogP contribution in [-0.2, 0) is 10.3 Å². The van der Waals surface area contributed by atoms with E-state index >= 15 is 0 Å². The van der Waals surface area contributed by atoms with Gasteiger partial charge in [0, 0.05) is 29.7 Å². The van der Waals surface area contributed by atoms with Crippen LogP contribution in [0.25, 0.3) is 0 Å². The first-order valence-electron chi connectivity index (χ1n) is 10.5. The van der Waals surface area contributed by atoms with Crippen molar-refractivity contribution in [3.63, 3.8) is 0 Å². The molecule has 1 atom stereocenters. The summed E-state index contributed by atoms with van der Waals surface area (Å²) in [5.74, 6) is -0.0965. The number of piperidine rings is 1. The summed E-state index contributed by atoms with van der Waals surface area (Å²) >= 11 is 12.5. The van der Waals surface area contributed by atoms with Crippen molar-refractivity contribution in [1.82, 2.24) is 4.90 Å². The Kier molecular flexibility index (Phi) is 5.49. The molecule has 1 spiro atoms. The van der Waals surface area contributed by atoms with Crippen LogP contribution < -0.4 is 0 Å². The van der Waals surface area contributed by atoms with Crippen molar-refractivity contribution in [2.45, 2.75) is 37.4 Å². The molecule has 5 rings (SSSR count). The zero-order chi connectivity index (χ0) is 20.7. The number of nitrogens with zero attached hydrogens (tertiary/aromatic N) is 1. The summed E-state index contributed by atoms with van der Waals surface area (Å²) in [5, 5.41) is 1.24. The minimum absolute atomic E-state index is 0.0965. The van der Waals surface area contributed by atoms with E-state index < -0.39 is 0 Å². The van der Waals surface area contributed by atoms with Gasteiger partial charge in [-0.15, -0.1) is 0 Å². The van der Waals surface area contributed by atoms with Gasteiger partial charge in [0.1, 0.15) is 11.9 Å². The Hall–Kier alpha value is -1.65. The van der Waals surface area contributed by atoms with Gasteiger partial charge >= 0.3 is 0 Å². The van der Waals surface area contributed by atoms with Gasteiger partial charge in [-0.05, 0) is 72.7 Å². The largest absolute Gasteiger partial charge is 0.358 e. The number of fused-ring (bicyclic) bond motifs is 2. The third kappa shape index (κ3) is 3.85. The molecule has 2 aliphatic heterocycles. The van der Waals surface area contributed by atoms with Crippen LogP contribution in [0.5, 0.6) is 0 Å². The first-order valence-corrected chi connectivity index (χ1v) is 11.3. The van der Waals surface area contributed by atoms with E-state index in [1.54, 1.807) is 18.2 Å². The quantitative estimate of drug-likeness (QED) is 0.507. The van der Waals surface area contributed by atoms with Crippen LogP contribution in [0.1, 0.15) is 48.5 Å². The molecule has 0 bridgehead atoms. The van der Waals surface area contributed by atoms with E-state index in [1.807, 2.05) is 12.1 Å². The number of rotatable bonds is 3. The fourth-order valence-corrected chi connectivity index (χ4v) is 5.60. The van der Waals surface area contributed by atoms with Crippen LogP contribution in [-0.4, -0.2) is 24.5 Å². The third-order valence-electron chi connectivity index (χ3n) is 6.50. The standard InChI is InChI=1S/C25H24Cl2FNO/c26-19-13-18(14-20(27)15-19)24-22-6-1-2-7-23(22)25(30-24)8-10-29(11-9-25)16-17-4-3-5-21(28)12-17/h1-2,5-7,12-15,24H,3-4,8-11,16H2. The minimum Gasteiger partial charge on any atom is -0.358 e. The normalized spacial score (nSPS) is 23.2. The molecular formula is C25H24Cl2FNO. The van der Waals surface area contributed by atoms with Gasteiger partial charge in [-0.3, -0.25) is 4.90 Å². The molecule has 0 radical (unpaired) electrons. The lowest BCUT2D eigenvalue weighted by atomic mass is 9.83. The maximum absolute atomic E-state index is 13.6. The van der Waals surface area contributed by atoms with E-state index in [0.717, 1.165) is 50.9 Å². The monoisotopic (exact) mass is 443 g/mol. The van der Waals surface area contributed by atoms with E-state index in [1.165, 1.54) is 16.7 Å². The van der Waals surface area contributed by atoms with Gasteiger partial charge in [0.15, 0.2) is 0 Å². The van der Waals surface area contributed by atoms with Crippen molar-refractivity contribution < 1.29 is 9.13 Å². The molecule has 1 saturated heterocycles. The molecule has 2 heterocycles. The number of hydrogen-bond donors (Lipinski definition) is 0. The van der Waals surface area contributed by atoms with Gasteiger partial charge in [-0.25, -0.2) is 4.39 Å². The number of hydrogen-bond acceptors (Lipinski definition) is 2. The Morgan fingerprint density at radius 2 is 1.80 bits per heavy atom. The summed E-state index contributed by atoms with van der Waals surface area (Å²) in [4.78, 5) is 2.42. The fraction of sp³-hybridized carbons (Fsp3) is 0.360. The average molecular weight is 444 g/mol. The molecule has 2 aromatic carbocycles. The van der Waals surface area contributed by atoms with E-state index in [0.29, 0.717) is 10.0 Å². The summed E-state index contributed by atoms with van der Waals surface area (Å²) in [6.45, 7) is 2.70.